The van der Waals surface area contributed by atoms with E-state index in [1.807, 2.05) is 6.26 Å². The molecule has 1 saturated heterocycles. The number of hydrogen-bond acceptors (Lipinski definition) is 15. The van der Waals surface area contributed by atoms with Gasteiger partial charge in [0, 0.05) is 24.4 Å². The molecule has 0 bridgehead atoms. The van der Waals surface area contributed by atoms with Crippen molar-refractivity contribution in [2.75, 3.05) is 31.6 Å². The fourth-order valence-electron chi connectivity index (χ4n) is 7.17. The van der Waals surface area contributed by atoms with Crippen LogP contribution in [0.4, 0.5) is 3.89 Å². The molecule has 10 atom stereocenters. The summed E-state index contributed by atoms with van der Waals surface area (Å²) in [5.41, 5.74) is 22.7. The summed E-state index contributed by atoms with van der Waals surface area (Å²) >= 11 is 1.37. The number of hydrogen-bond donors (Lipinski definition) is 13. The van der Waals surface area contributed by atoms with E-state index in [0.29, 0.717) is 12.2 Å². The first-order valence-corrected chi connectivity index (χ1v) is 25.4. The van der Waals surface area contributed by atoms with Crippen molar-refractivity contribution in [3.63, 3.8) is 0 Å². The minimum Gasteiger partial charge on any atom is -0.480 e. The molecule has 0 aromatic rings. The molecule has 27 heteroatoms. The zero-order chi connectivity index (χ0) is 53.6. The van der Waals surface area contributed by atoms with Crippen LogP contribution in [0.15, 0.2) is 4.99 Å². The lowest BCUT2D eigenvalue weighted by Crippen LogP contribution is -2.62. The molecular formula is C43H78FN13O11S2. The highest BCUT2D eigenvalue weighted by atomic mass is 32.2. The third kappa shape index (κ3) is 21.6. The number of carboxylic acid groups (broad SMARTS) is 1. The predicted molar refractivity (Wildman–Crippen MR) is 265 cm³/mol. The SMILES string of the molecule is CSCC[C@H](NC(=O)[C@@H](N)C(C)C)C(=O)N[C@@H](C)C(=O)N1CCC[C@H]1C(=O)N[C@@H](CCCN=C(N)N)C(=O)N[C@H](C(=O)N[C@@H](CC(C)C)C(=O)N[C@@H](CN)C(=O)N[C@@H](CC(C)(C)SF)C(=O)O)[C@@H](C)O. The molecule has 0 aromatic carbocycles. The monoisotopic (exact) mass is 1040 g/mol. The van der Waals surface area contributed by atoms with Crippen LogP contribution in [0.1, 0.15) is 100 Å². The van der Waals surface area contributed by atoms with Crippen molar-refractivity contribution in [2.45, 2.75) is 166 Å². The van der Waals surface area contributed by atoms with E-state index < -0.39 is 125 Å². The van der Waals surface area contributed by atoms with Crippen molar-refractivity contribution >= 4 is 83.1 Å². The summed E-state index contributed by atoms with van der Waals surface area (Å²) in [5, 5.41) is 38.0. The van der Waals surface area contributed by atoms with Crippen molar-refractivity contribution in [3.05, 3.63) is 0 Å². The number of aliphatic hydroxyl groups is 1. The topological polar surface area (TPSA) is 398 Å². The molecule has 0 radical (unpaired) electrons. The Bertz CT molecular complexity index is 1830. The molecule has 70 heavy (non-hydrogen) atoms. The Hall–Kier alpha value is -4.99. The summed E-state index contributed by atoms with van der Waals surface area (Å²) in [5.74, 6) is -7.91. The number of aliphatic hydroxyl groups excluding tert-OH is 1. The van der Waals surface area contributed by atoms with Crippen LogP contribution in [-0.2, 0) is 43.2 Å². The second-order valence-electron chi connectivity index (χ2n) is 18.7. The number of carbonyl (C=O) groups is 9. The average molecular weight is 1040 g/mol. The standard InChI is InChI=1S/C43H78FN13O11S2/c1-21(2)18-27(35(61)55-29(20-45)36(62)54-28(41(67)68)19-43(7,8)70-44)53-39(65)32(24(6)58)56-34(60)25(12-10-15-49-42(47)48)51-37(63)30-13-11-16-57(30)40(66)23(5)50-33(59)26(14-17-69-9)52-38(64)31(46)22(3)4/h21-32,58H,10-20,45-46H2,1-9H3,(H,50,59)(H,51,63)(H,52,64)(H,53,65)(H,54,62)(H,55,61)(H,56,60)(H,67,68)(H4,47,48,49)/t23-,24+,25-,26-,27-,28-,29-,30-,31-,32-/m0/s1. The van der Waals surface area contributed by atoms with Gasteiger partial charge in [0.1, 0.15) is 48.3 Å². The van der Waals surface area contributed by atoms with Crippen LogP contribution >= 0.6 is 23.9 Å². The van der Waals surface area contributed by atoms with Gasteiger partial charge in [-0.2, -0.15) is 15.6 Å². The molecule has 1 aliphatic rings. The van der Waals surface area contributed by atoms with Crippen LogP contribution in [-0.4, -0.2) is 171 Å². The third-order valence-electron chi connectivity index (χ3n) is 11.2. The number of nitrogens with one attached hydrogen (secondary N) is 7. The summed E-state index contributed by atoms with van der Waals surface area (Å²) in [4.78, 5) is 126. The van der Waals surface area contributed by atoms with E-state index in [1.54, 1.807) is 27.7 Å². The first-order valence-electron chi connectivity index (χ1n) is 23.2. The number of amides is 8. The number of likely N-dealkylation sites (tertiary alicyclic amines) is 1. The number of aliphatic imine (C=N–C) groups is 1. The van der Waals surface area contributed by atoms with Gasteiger partial charge in [-0.25, -0.2) is 4.79 Å². The lowest BCUT2D eigenvalue weighted by molar-refractivity contribution is -0.142. The minimum atomic E-state index is -1.71. The zero-order valence-corrected chi connectivity index (χ0v) is 43.3. The highest BCUT2D eigenvalue weighted by Crippen LogP contribution is 2.30. The number of nitrogens with zero attached hydrogens (tertiary/aromatic N) is 2. The summed E-state index contributed by atoms with van der Waals surface area (Å²) in [7, 11) is 0. The third-order valence-corrected chi connectivity index (χ3v) is 12.4. The molecular weight excluding hydrogens is 958 g/mol. The van der Waals surface area contributed by atoms with Crippen molar-refractivity contribution in [2.24, 2.45) is 39.8 Å². The van der Waals surface area contributed by atoms with E-state index >= 15 is 0 Å². The van der Waals surface area contributed by atoms with E-state index in [-0.39, 0.29) is 81.6 Å². The number of halogens is 1. The van der Waals surface area contributed by atoms with Crippen LogP contribution < -0.4 is 60.2 Å². The summed E-state index contributed by atoms with van der Waals surface area (Å²) < 4.78 is 12.2. The van der Waals surface area contributed by atoms with E-state index in [2.05, 4.69) is 42.2 Å². The van der Waals surface area contributed by atoms with E-state index in [4.69, 9.17) is 22.9 Å². The van der Waals surface area contributed by atoms with Crippen LogP contribution in [0, 0.1) is 11.8 Å². The Morgan fingerprint density at radius 2 is 1.31 bits per heavy atom. The maximum absolute atomic E-state index is 14.0. The van der Waals surface area contributed by atoms with E-state index in [1.165, 1.54) is 44.4 Å². The molecule has 0 aromatic heterocycles. The van der Waals surface area contributed by atoms with Crippen LogP contribution in [0.2, 0.25) is 0 Å². The van der Waals surface area contributed by atoms with Gasteiger partial charge in [0.05, 0.1) is 24.3 Å². The molecule has 0 spiro atoms. The van der Waals surface area contributed by atoms with Crippen LogP contribution in [0.3, 0.4) is 0 Å². The molecule has 1 fully saturated rings. The number of carbonyl (C=O) groups excluding carboxylic acids is 8. The van der Waals surface area contributed by atoms with Gasteiger partial charge < -0.3 is 75.3 Å². The Balaban J connectivity index is 3.31. The number of thioether (sulfide) groups is 1. The average Bonchev–Trinajstić information content (AvgIpc) is 3.78. The Morgan fingerprint density at radius 1 is 0.771 bits per heavy atom. The van der Waals surface area contributed by atoms with E-state index in [0.717, 1.165) is 0 Å². The van der Waals surface area contributed by atoms with Gasteiger partial charge >= 0.3 is 5.97 Å². The maximum atomic E-state index is 14.0. The smallest absolute Gasteiger partial charge is 0.326 e. The van der Waals surface area contributed by atoms with Crippen molar-refractivity contribution in [1.29, 1.82) is 0 Å². The zero-order valence-electron chi connectivity index (χ0n) is 41.7. The summed E-state index contributed by atoms with van der Waals surface area (Å²) in [6.07, 6.45) is 0.844. The van der Waals surface area contributed by atoms with Crippen molar-refractivity contribution in [1.82, 2.24) is 42.1 Å². The number of guanidine groups is 1. The number of rotatable bonds is 31. The molecule has 17 N–H and O–H groups in total. The summed E-state index contributed by atoms with van der Waals surface area (Å²) in [6, 6.07) is -11.6. The molecule has 1 rings (SSSR count). The van der Waals surface area contributed by atoms with Gasteiger partial charge in [-0.15, -0.1) is 0 Å². The number of nitrogens with two attached hydrogens (primary N) is 4. The first-order chi connectivity index (χ1) is 32.6. The molecule has 24 nitrogen and oxygen atoms in total. The second-order valence-corrected chi connectivity index (χ2v) is 20.9. The molecule has 1 aliphatic heterocycles. The van der Waals surface area contributed by atoms with Crippen LogP contribution in [0.25, 0.3) is 0 Å². The molecule has 8 amide bonds. The molecule has 0 saturated carbocycles. The summed E-state index contributed by atoms with van der Waals surface area (Å²) in [6.45, 7) is 12.2. The molecule has 400 valence electrons. The lowest BCUT2D eigenvalue weighted by Gasteiger charge is -2.30. The Labute approximate surface area is 418 Å². The molecule has 0 aliphatic carbocycles. The highest BCUT2D eigenvalue weighted by molar-refractivity contribution is 7.98. The fourth-order valence-corrected chi connectivity index (χ4v) is 7.87. The first kappa shape index (κ1) is 63.0. The molecule has 1 heterocycles. The van der Waals surface area contributed by atoms with Gasteiger partial charge in [0.2, 0.25) is 47.3 Å². The maximum Gasteiger partial charge on any atom is 0.326 e. The largest absolute Gasteiger partial charge is 0.480 e. The van der Waals surface area contributed by atoms with Crippen molar-refractivity contribution < 1.29 is 57.2 Å². The van der Waals surface area contributed by atoms with Gasteiger partial charge in [0.15, 0.2) is 5.96 Å². The van der Waals surface area contributed by atoms with E-state index in [9.17, 15) is 57.2 Å². The van der Waals surface area contributed by atoms with Gasteiger partial charge in [-0.1, -0.05) is 27.7 Å². The highest BCUT2D eigenvalue weighted by Gasteiger charge is 2.40. The number of carboxylic acids is 1. The fraction of sp³-hybridized carbons (Fsp3) is 0.767. The van der Waals surface area contributed by atoms with Gasteiger partial charge in [-0.3, -0.25) is 43.3 Å². The normalized spacial score (nSPS) is 17.6. The number of aliphatic carboxylic acids is 1. The predicted octanol–water partition coefficient (Wildman–Crippen LogP) is -2.56. The quantitative estimate of drug-likeness (QED) is 0.0193. The lowest BCUT2D eigenvalue weighted by atomic mass is 10.0. The Morgan fingerprint density at radius 3 is 1.84 bits per heavy atom. The van der Waals surface area contributed by atoms with Crippen LogP contribution in [0.5, 0.6) is 0 Å². The van der Waals surface area contributed by atoms with Crippen molar-refractivity contribution in [3.8, 4) is 0 Å². The molecule has 0 unspecified atom stereocenters. The Kier molecular flexibility index (Phi) is 27.6. The van der Waals surface area contributed by atoms with Gasteiger partial charge in [0.25, 0.3) is 0 Å². The minimum absolute atomic E-state index is 0.0127. The van der Waals surface area contributed by atoms with Gasteiger partial charge in [-0.05, 0) is 96.5 Å². The second kappa shape index (κ2) is 30.7.